The Morgan fingerprint density at radius 3 is 2.68 bits per heavy atom. The maximum Gasteiger partial charge on any atom is 0.165 e. The molecule has 1 aromatic carbocycles. The molecule has 4 aliphatic rings. The molecule has 1 saturated heterocycles. The second kappa shape index (κ2) is 6.08. The Hall–Kier alpha value is -1.34. The summed E-state index contributed by atoms with van der Waals surface area (Å²) in [4.78, 5) is 2.43. The largest absolute Gasteiger partial charge is 0.493 e. The molecule has 2 aliphatic carbocycles. The number of piperidine rings is 1. The van der Waals surface area contributed by atoms with E-state index in [4.69, 9.17) is 9.47 Å². The molecule has 2 bridgehead atoms. The van der Waals surface area contributed by atoms with Gasteiger partial charge in [0.2, 0.25) is 0 Å². The van der Waals surface area contributed by atoms with Crippen molar-refractivity contribution < 1.29 is 24.8 Å². The minimum Gasteiger partial charge on any atom is -0.493 e. The molecule has 6 atom stereocenters. The van der Waals surface area contributed by atoms with Crippen LogP contribution in [0.1, 0.15) is 30.9 Å². The van der Waals surface area contributed by atoms with E-state index in [0.29, 0.717) is 11.8 Å². The molecule has 28 heavy (non-hydrogen) atoms. The van der Waals surface area contributed by atoms with Crippen molar-refractivity contribution in [3.8, 4) is 11.5 Å². The number of benzene rings is 1. The van der Waals surface area contributed by atoms with Gasteiger partial charge in [-0.25, -0.2) is 0 Å². The molecule has 0 aromatic heterocycles. The van der Waals surface area contributed by atoms with Gasteiger partial charge < -0.3 is 29.7 Å². The number of aliphatic hydroxyl groups excluding tert-OH is 3. The molecule has 2 aliphatic heterocycles. The molecule has 6 nitrogen and oxygen atoms in total. The molecule has 1 aromatic rings. The fraction of sp³-hybridized carbons (Fsp3) is 0.727. The standard InChI is InChI=1S/C22H31NO5/c1-4-13-17-14-9-12-5-6-15(27-3)18-16(12)22(17,7-8-23(14)2)20(28-18)19(26)21(13,10-24)11-25/h5-6,13-14,17,19-20,24-26H,4,7-11H2,1-3H3/t13?,14-,17+,19?,20?,22-/m1/s1. The molecule has 0 amide bonds. The maximum atomic E-state index is 11.5. The predicted octanol–water partition coefficient (Wildman–Crippen LogP) is 0.942. The predicted molar refractivity (Wildman–Crippen MR) is 104 cm³/mol. The van der Waals surface area contributed by atoms with Gasteiger partial charge in [0.05, 0.1) is 20.3 Å². The van der Waals surface area contributed by atoms with Crippen molar-refractivity contribution in [2.45, 2.75) is 49.9 Å². The van der Waals surface area contributed by atoms with Crippen molar-refractivity contribution in [2.75, 3.05) is 33.9 Å². The first-order valence-electron chi connectivity index (χ1n) is 10.5. The molecule has 1 spiro atoms. The van der Waals surface area contributed by atoms with Gasteiger partial charge in [0.25, 0.3) is 0 Å². The highest BCUT2D eigenvalue weighted by molar-refractivity contribution is 5.61. The summed E-state index contributed by atoms with van der Waals surface area (Å²) in [5.41, 5.74) is 1.25. The van der Waals surface area contributed by atoms with Crippen LogP contribution in [0.5, 0.6) is 11.5 Å². The second-order valence-electron chi connectivity index (χ2n) is 9.25. The van der Waals surface area contributed by atoms with Crippen molar-refractivity contribution >= 4 is 0 Å². The Kier molecular flexibility index (Phi) is 4.05. The van der Waals surface area contributed by atoms with Gasteiger partial charge in [-0.05, 0) is 49.9 Å². The van der Waals surface area contributed by atoms with Crippen LogP contribution >= 0.6 is 0 Å². The third kappa shape index (κ3) is 1.88. The third-order valence-corrected chi connectivity index (χ3v) is 8.60. The lowest BCUT2D eigenvalue weighted by atomic mass is 9.42. The maximum absolute atomic E-state index is 11.5. The normalized spacial score (nSPS) is 40.0. The van der Waals surface area contributed by atoms with Crippen molar-refractivity contribution in [1.82, 2.24) is 4.90 Å². The number of methoxy groups -OCH3 is 1. The third-order valence-electron chi connectivity index (χ3n) is 8.60. The number of hydrogen-bond donors (Lipinski definition) is 3. The zero-order chi connectivity index (χ0) is 19.8. The minimum absolute atomic E-state index is 0.00963. The average molecular weight is 389 g/mol. The summed E-state index contributed by atoms with van der Waals surface area (Å²) in [6.07, 6.45) is 1.22. The highest BCUT2D eigenvalue weighted by Gasteiger charge is 2.73. The van der Waals surface area contributed by atoms with E-state index in [1.165, 1.54) is 11.1 Å². The second-order valence-corrected chi connectivity index (χ2v) is 9.25. The molecule has 6 heteroatoms. The summed E-state index contributed by atoms with van der Waals surface area (Å²) in [6, 6.07) is 4.43. The first-order valence-corrected chi connectivity index (χ1v) is 10.5. The van der Waals surface area contributed by atoms with Crippen LogP contribution in [-0.4, -0.2) is 72.4 Å². The Balaban J connectivity index is 1.81. The van der Waals surface area contributed by atoms with Gasteiger partial charge in [-0.15, -0.1) is 0 Å². The van der Waals surface area contributed by atoms with Crippen LogP contribution in [0.15, 0.2) is 12.1 Å². The number of aliphatic hydroxyl groups is 3. The number of hydrogen-bond acceptors (Lipinski definition) is 6. The molecule has 5 rings (SSSR count). The number of nitrogens with zero attached hydrogens (tertiary/aromatic N) is 1. The van der Waals surface area contributed by atoms with E-state index in [0.717, 1.165) is 31.6 Å². The van der Waals surface area contributed by atoms with Gasteiger partial charge in [-0.1, -0.05) is 19.4 Å². The highest BCUT2D eigenvalue weighted by Crippen LogP contribution is 2.68. The van der Waals surface area contributed by atoms with E-state index in [-0.39, 0.29) is 30.5 Å². The van der Waals surface area contributed by atoms with Gasteiger partial charge in [0.15, 0.2) is 11.5 Å². The summed E-state index contributed by atoms with van der Waals surface area (Å²) in [5, 5.41) is 32.3. The monoisotopic (exact) mass is 389 g/mol. The Bertz CT molecular complexity index is 793. The Labute approximate surface area is 166 Å². The van der Waals surface area contributed by atoms with Crippen LogP contribution in [0.3, 0.4) is 0 Å². The molecule has 3 unspecified atom stereocenters. The van der Waals surface area contributed by atoms with E-state index in [1.807, 2.05) is 6.07 Å². The van der Waals surface area contributed by atoms with Gasteiger partial charge in [-0.3, -0.25) is 0 Å². The fourth-order valence-corrected chi connectivity index (χ4v) is 7.36. The summed E-state index contributed by atoms with van der Waals surface area (Å²) in [5.74, 6) is 1.69. The average Bonchev–Trinajstić information content (AvgIpc) is 3.06. The van der Waals surface area contributed by atoms with Crippen LogP contribution < -0.4 is 9.47 Å². The van der Waals surface area contributed by atoms with Crippen LogP contribution in [0.2, 0.25) is 0 Å². The van der Waals surface area contributed by atoms with Crippen molar-refractivity contribution in [3.05, 3.63) is 23.3 Å². The van der Waals surface area contributed by atoms with Crippen molar-refractivity contribution in [2.24, 2.45) is 17.3 Å². The quantitative estimate of drug-likeness (QED) is 0.711. The lowest BCUT2D eigenvalue weighted by molar-refractivity contribution is -0.222. The van der Waals surface area contributed by atoms with E-state index in [2.05, 4.69) is 24.9 Å². The smallest absolute Gasteiger partial charge is 0.165 e. The molecule has 2 heterocycles. The molecular weight excluding hydrogens is 358 g/mol. The van der Waals surface area contributed by atoms with Crippen LogP contribution in [0.4, 0.5) is 0 Å². The molecule has 2 fully saturated rings. The number of likely N-dealkylation sites (tertiary alicyclic amines) is 1. The van der Waals surface area contributed by atoms with Crippen molar-refractivity contribution in [1.29, 1.82) is 0 Å². The molecular formula is C22H31NO5. The highest BCUT2D eigenvalue weighted by atomic mass is 16.5. The summed E-state index contributed by atoms with van der Waals surface area (Å²) in [7, 11) is 3.82. The Morgan fingerprint density at radius 2 is 2.04 bits per heavy atom. The van der Waals surface area contributed by atoms with Crippen LogP contribution in [0, 0.1) is 17.3 Å². The van der Waals surface area contributed by atoms with Gasteiger partial charge in [0.1, 0.15) is 12.2 Å². The van der Waals surface area contributed by atoms with Crippen LogP contribution in [-0.2, 0) is 11.8 Å². The first-order chi connectivity index (χ1) is 13.5. The molecule has 1 saturated carbocycles. The number of likely N-dealkylation sites (N-methyl/N-ethyl adjacent to an activating group) is 1. The van der Waals surface area contributed by atoms with Gasteiger partial charge >= 0.3 is 0 Å². The van der Waals surface area contributed by atoms with Crippen molar-refractivity contribution in [3.63, 3.8) is 0 Å². The van der Waals surface area contributed by atoms with Gasteiger partial charge in [-0.2, -0.15) is 0 Å². The molecule has 154 valence electrons. The zero-order valence-corrected chi connectivity index (χ0v) is 16.9. The number of rotatable bonds is 4. The fourth-order valence-electron chi connectivity index (χ4n) is 7.36. The van der Waals surface area contributed by atoms with E-state index < -0.39 is 17.6 Å². The lowest BCUT2D eigenvalue weighted by Gasteiger charge is -2.65. The van der Waals surface area contributed by atoms with E-state index >= 15 is 0 Å². The minimum atomic E-state index is -0.962. The summed E-state index contributed by atoms with van der Waals surface area (Å²) >= 11 is 0. The number of ether oxygens (including phenoxy) is 2. The molecule has 0 radical (unpaired) electrons. The van der Waals surface area contributed by atoms with Gasteiger partial charge in [0, 0.05) is 22.4 Å². The summed E-state index contributed by atoms with van der Waals surface area (Å²) < 4.78 is 12.1. The summed E-state index contributed by atoms with van der Waals surface area (Å²) in [6.45, 7) is 2.58. The van der Waals surface area contributed by atoms with E-state index in [1.54, 1.807) is 7.11 Å². The SMILES string of the molecule is CCC1[C@H]2[C@H]3Cc4ccc(OC)c5c4[C@@]2(CCN3C)C(O5)C(O)C1(CO)CO. The first kappa shape index (κ1) is 18.7. The topological polar surface area (TPSA) is 82.4 Å². The zero-order valence-electron chi connectivity index (χ0n) is 16.9. The van der Waals surface area contributed by atoms with E-state index in [9.17, 15) is 15.3 Å². The Morgan fingerprint density at radius 1 is 1.29 bits per heavy atom. The molecule has 3 N–H and O–H groups in total. The van der Waals surface area contributed by atoms with Crippen LogP contribution in [0.25, 0.3) is 0 Å². The lowest BCUT2D eigenvalue weighted by Crippen LogP contribution is -2.75.